The standard InChI is InChI=1S/C29H31ClN4O4/c30-20-7-10-22-19(14-20)15-23(31-22)28(37)33-25-17-29(11-3-13-38-29)16-24(25)32-27(36)18-5-8-21(9-6-18)34-12-2-1-4-26(34)35/h5-10,14-15,24-25,31H,1-4,11-13,16-17H2,(H,32,36)(H,33,37)/t24-,25+,29?/m0/s1. The van der Waals surface area contributed by atoms with Crippen LogP contribution in [0.3, 0.4) is 0 Å². The molecule has 38 heavy (non-hydrogen) atoms. The van der Waals surface area contributed by atoms with Crippen molar-refractivity contribution >= 4 is 45.9 Å². The van der Waals surface area contributed by atoms with Crippen molar-refractivity contribution in [1.82, 2.24) is 15.6 Å². The predicted octanol–water partition coefficient (Wildman–Crippen LogP) is 4.58. The lowest BCUT2D eigenvalue weighted by atomic mass is 9.98. The molecule has 198 valence electrons. The lowest BCUT2D eigenvalue weighted by molar-refractivity contribution is -0.119. The first-order chi connectivity index (χ1) is 18.4. The van der Waals surface area contributed by atoms with Gasteiger partial charge in [-0.05, 0) is 87.1 Å². The van der Waals surface area contributed by atoms with Gasteiger partial charge in [0.2, 0.25) is 5.91 Å². The van der Waals surface area contributed by atoms with Crippen LogP contribution in [-0.4, -0.2) is 53.5 Å². The Hall–Kier alpha value is -3.36. The molecule has 2 aromatic carbocycles. The molecule has 1 aromatic heterocycles. The maximum atomic E-state index is 13.2. The molecule has 0 radical (unpaired) electrons. The van der Waals surface area contributed by atoms with Gasteiger partial charge in [-0.3, -0.25) is 14.4 Å². The second-order valence-electron chi connectivity index (χ2n) is 10.7. The molecule has 8 nitrogen and oxygen atoms in total. The number of hydrogen-bond donors (Lipinski definition) is 3. The number of nitrogens with zero attached hydrogens (tertiary/aromatic N) is 1. The Labute approximate surface area is 226 Å². The van der Waals surface area contributed by atoms with Gasteiger partial charge in [-0.25, -0.2) is 0 Å². The summed E-state index contributed by atoms with van der Waals surface area (Å²) in [6.45, 7) is 1.40. The van der Waals surface area contributed by atoms with E-state index in [0.29, 0.717) is 48.7 Å². The number of rotatable bonds is 5. The number of nitrogens with one attached hydrogen (secondary N) is 3. The zero-order chi connectivity index (χ0) is 26.3. The van der Waals surface area contributed by atoms with Gasteiger partial charge < -0.3 is 25.3 Å². The molecule has 3 aliphatic rings. The molecular formula is C29H31ClN4O4. The second kappa shape index (κ2) is 10.1. The highest BCUT2D eigenvalue weighted by atomic mass is 35.5. The van der Waals surface area contributed by atoms with E-state index in [9.17, 15) is 14.4 Å². The Balaban J connectivity index is 1.17. The van der Waals surface area contributed by atoms with E-state index in [4.69, 9.17) is 16.3 Å². The molecule has 1 unspecified atom stereocenters. The van der Waals surface area contributed by atoms with Crippen molar-refractivity contribution < 1.29 is 19.1 Å². The second-order valence-corrected chi connectivity index (χ2v) is 11.1. The molecule has 3 heterocycles. The van der Waals surface area contributed by atoms with Crippen LogP contribution in [0.2, 0.25) is 5.02 Å². The third kappa shape index (κ3) is 4.90. The minimum absolute atomic E-state index is 0.123. The van der Waals surface area contributed by atoms with Gasteiger partial charge in [-0.15, -0.1) is 0 Å². The van der Waals surface area contributed by atoms with Crippen LogP contribution in [0.5, 0.6) is 0 Å². The summed E-state index contributed by atoms with van der Waals surface area (Å²) in [5.41, 5.74) is 2.28. The van der Waals surface area contributed by atoms with Crippen LogP contribution in [0.15, 0.2) is 48.5 Å². The lowest BCUT2D eigenvalue weighted by Gasteiger charge is -2.27. The summed E-state index contributed by atoms with van der Waals surface area (Å²) >= 11 is 6.10. The number of fused-ring (bicyclic) bond motifs is 1. The molecule has 3 atom stereocenters. The number of halogens is 1. The monoisotopic (exact) mass is 534 g/mol. The van der Waals surface area contributed by atoms with Gasteiger partial charge in [0.15, 0.2) is 0 Å². The van der Waals surface area contributed by atoms with Gasteiger partial charge in [0, 0.05) is 46.7 Å². The molecule has 3 aromatic rings. The number of ether oxygens (including phenoxy) is 1. The Bertz CT molecular complexity index is 1380. The highest BCUT2D eigenvalue weighted by Gasteiger charge is 2.49. The number of anilines is 1. The number of H-pyrrole nitrogens is 1. The summed E-state index contributed by atoms with van der Waals surface area (Å²) in [7, 11) is 0. The number of aromatic nitrogens is 1. The Morgan fingerprint density at radius 2 is 1.74 bits per heavy atom. The van der Waals surface area contributed by atoms with E-state index in [-0.39, 0.29) is 35.4 Å². The molecule has 9 heteroatoms. The van der Waals surface area contributed by atoms with E-state index in [1.165, 1.54) is 0 Å². The average molecular weight is 535 g/mol. The van der Waals surface area contributed by atoms with E-state index in [1.54, 1.807) is 29.2 Å². The smallest absolute Gasteiger partial charge is 0.268 e. The van der Waals surface area contributed by atoms with Crippen molar-refractivity contribution in [2.75, 3.05) is 18.1 Å². The molecular weight excluding hydrogens is 504 g/mol. The fourth-order valence-electron chi connectivity index (χ4n) is 6.15. The van der Waals surface area contributed by atoms with E-state index >= 15 is 0 Å². The lowest BCUT2D eigenvalue weighted by Crippen LogP contribution is -2.48. The number of amides is 3. The topological polar surface area (TPSA) is 104 Å². The maximum Gasteiger partial charge on any atom is 0.268 e. The van der Waals surface area contributed by atoms with Crippen molar-refractivity contribution in [2.45, 2.75) is 62.6 Å². The van der Waals surface area contributed by atoms with Crippen LogP contribution in [-0.2, 0) is 9.53 Å². The summed E-state index contributed by atoms with van der Waals surface area (Å²) in [5, 5.41) is 7.77. The highest BCUT2D eigenvalue weighted by Crippen LogP contribution is 2.41. The van der Waals surface area contributed by atoms with Crippen molar-refractivity contribution in [2.24, 2.45) is 0 Å². The number of carbonyl (C=O) groups excluding carboxylic acids is 3. The summed E-state index contributed by atoms with van der Waals surface area (Å²) in [5.74, 6) is -0.314. The molecule has 0 bridgehead atoms. The van der Waals surface area contributed by atoms with Crippen LogP contribution in [0, 0.1) is 0 Å². The van der Waals surface area contributed by atoms with E-state index in [0.717, 1.165) is 42.3 Å². The predicted molar refractivity (Wildman–Crippen MR) is 146 cm³/mol. The van der Waals surface area contributed by atoms with Gasteiger partial charge in [0.1, 0.15) is 5.69 Å². The molecule has 1 saturated carbocycles. The van der Waals surface area contributed by atoms with Crippen LogP contribution in [0.25, 0.3) is 10.9 Å². The zero-order valence-corrected chi connectivity index (χ0v) is 21.9. The van der Waals surface area contributed by atoms with Crippen molar-refractivity contribution in [1.29, 1.82) is 0 Å². The summed E-state index contributed by atoms with van der Waals surface area (Å²) in [6, 6.07) is 13.9. The number of hydrogen-bond acceptors (Lipinski definition) is 4. The fourth-order valence-corrected chi connectivity index (χ4v) is 6.33. The van der Waals surface area contributed by atoms with E-state index in [1.807, 2.05) is 24.3 Å². The normalized spacial score (nSPS) is 25.3. The van der Waals surface area contributed by atoms with Crippen LogP contribution in [0.1, 0.15) is 65.8 Å². The van der Waals surface area contributed by atoms with Gasteiger partial charge in [0.05, 0.1) is 17.7 Å². The summed E-state index contributed by atoms with van der Waals surface area (Å²) < 4.78 is 6.13. The molecule has 3 fully saturated rings. The van der Waals surface area contributed by atoms with Crippen molar-refractivity contribution in [3.63, 3.8) is 0 Å². The number of benzene rings is 2. The molecule has 3 N–H and O–H groups in total. The average Bonchev–Trinajstić information content (AvgIpc) is 3.63. The number of piperidine rings is 1. The van der Waals surface area contributed by atoms with E-state index in [2.05, 4.69) is 15.6 Å². The third-order valence-corrected chi connectivity index (χ3v) is 8.31. The summed E-state index contributed by atoms with van der Waals surface area (Å²) in [4.78, 5) is 43.6. The highest BCUT2D eigenvalue weighted by molar-refractivity contribution is 6.31. The number of carbonyl (C=O) groups is 3. The van der Waals surface area contributed by atoms with Gasteiger partial charge in [0.25, 0.3) is 11.8 Å². The minimum Gasteiger partial charge on any atom is -0.375 e. The first-order valence-corrected chi connectivity index (χ1v) is 13.7. The molecule has 2 aliphatic heterocycles. The van der Waals surface area contributed by atoms with Gasteiger partial charge >= 0.3 is 0 Å². The Morgan fingerprint density at radius 3 is 2.45 bits per heavy atom. The first-order valence-electron chi connectivity index (χ1n) is 13.3. The van der Waals surface area contributed by atoms with Gasteiger partial charge in [-0.1, -0.05) is 11.6 Å². The zero-order valence-electron chi connectivity index (χ0n) is 21.1. The van der Waals surface area contributed by atoms with Crippen LogP contribution < -0.4 is 15.5 Å². The third-order valence-electron chi connectivity index (χ3n) is 8.08. The van der Waals surface area contributed by atoms with Crippen LogP contribution in [0.4, 0.5) is 5.69 Å². The molecule has 6 rings (SSSR count). The molecule has 1 aliphatic carbocycles. The Morgan fingerprint density at radius 1 is 0.974 bits per heavy atom. The maximum absolute atomic E-state index is 13.2. The molecule has 1 spiro atoms. The SMILES string of the molecule is O=C(N[C@H]1CC2(CCCO2)C[C@H]1NC(=O)c1cc2cc(Cl)ccc2[nH]1)c1ccc(N2CCCCC2=O)cc1. The minimum atomic E-state index is -0.331. The quantitative estimate of drug-likeness (QED) is 0.446. The largest absolute Gasteiger partial charge is 0.375 e. The van der Waals surface area contributed by atoms with Crippen molar-refractivity contribution in [3.8, 4) is 0 Å². The fraction of sp³-hybridized carbons (Fsp3) is 0.414. The molecule has 2 saturated heterocycles. The van der Waals surface area contributed by atoms with Crippen LogP contribution >= 0.6 is 11.6 Å². The van der Waals surface area contributed by atoms with Gasteiger partial charge in [-0.2, -0.15) is 0 Å². The number of aromatic amines is 1. The van der Waals surface area contributed by atoms with Crippen molar-refractivity contribution in [3.05, 3.63) is 64.8 Å². The summed E-state index contributed by atoms with van der Waals surface area (Å²) in [6.07, 6.45) is 5.65. The Kier molecular flexibility index (Phi) is 6.61. The van der Waals surface area contributed by atoms with E-state index < -0.39 is 0 Å². The molecule has 3 amide bonds. The first kappa shape index (κ1) is 24.9.